The fraction of sp³-hybridized carbons (Fsp3) is 0.273. The highest BCUT2D eigenvalue weighted by molar-refractivity contribution is 14.1. The van der Waals surface area contributed by atoms with Gasteiger partial charge in [-0.25, -0.2) is 0 Å². The van der Waals surface area contributed by atoms with Crippen molar-refractivity contribution in [3.05, 3.63) is 48.6 Å². The van der Waals surface area contributed by atoms with Gasteiger partial charge in [0.15, 0.2) is 0 Å². The molecule has 64 valence electrons. The Bertz CT molecular complexity index is 228. The standard InChI is InChI=1S/C11H13I/c1-2-10(8-9-12)11-6-4-3-5-7-11/h2-7,10H,1,8-9H2. The van der Waals surface area contributed by atoms with Crippen molar-refractivity contribution in [2.75, 3.05) is 4.43 Å². The smallest absolute Gasteiger partial charge is 0.00225 e. The molecule has 1 unspecified atom stereocenters. The summed E-state index contributed by atoms with van der Waals surface area (Å²) in [4.78, 5) is 0. The second-order valence-corrected chi connectivity index (χ2v) is 3.81. The Morgan fingerprint density at radius 1 is 1.33 bits per heavy atom. The maximum absolute atomic E-state index is 3.85. The van der Waals surface area contributed by atoms with Crippen molar-refractivity contribution in [2.24, 2.45) is 0 Å². The zero-order valence-electron chi connectivity index (χ0n) is 7.04. The van der Waals surface area contributed by atoms with E-state index in [2.05, 4.69) is 53.4 Å². The summed E-state index contributed by atoms with van der Waals surface area (Å²) in [7, 11) is 0. The van der Waals surface area contributed by atoms with E-state index in [0.29, 0.717) is 5.92 Å². The van der Waals surface area contributed by atoms with Crippen LogP contribution in [-0.2, 0) is 0 Å². The molecule has 0 nitrogen and oxygen atoms in total. The van der Waals surface area contributed by atoms with E-state index in [1.807, 2.05) is 12.1 Å². The van der Waals surface area contributed by atoms with Crippen LogP contribution < -0.4 is 0 Å². The highest BCUT2D eigenvalue weighted by atomic mass is 127. The van der Waals surface area contributed by atoms with Crippen molar-refractivity contribution in [3.8, 4) is 0 Å². The second-order valence-electron chi connectivity index (χ2n) is 2.73. The molecule has 0 amide bonds. The molecule has 1 aromatic carbocycles. The highest BCUT2D eigenvalue weighted by Gasteiger charge is 2.04. The molecule has 0 aliphatic carbocycles. The maximum atomic E-state index is 3.85. The number of allylic oxidation sites excluding steroid dienone is 1. The van der Waals surface area contributed by atoms with Crippen LogP contribution in [-0.4, -0.2) is 4.43 Å². The molecule has 0 saturated carbocycles. The van der Waals surface area contributed by atoms with E-state index in [1.165, 1.54) is 16.4 Å². The molecule has 0 spiro atoms. The van der Waals surface area contributed by atoms with Crippen LogP contribution in [0.2, 0.25) is 0 Å². The minimum Gasteiger partial charge on any atom is -0.102 e. The molecule has 0 aliphatic heterocycles. The van der Waals surface area contributed by atoms with Crippen molar-refractivity contribution in [3.63, 3.8) is 0 Å². The van der Waals surface area contributed by atoms with Crippen molar-refractivity contribution in [2.45, 2.75) is 12.3 Å². The number of rotatable bonds is 4. The van der Waals surface area contributed by atoms with Gasteiger partial charge in [-0.3, -0.25) is 0 Å². The molecule has 0 saturated heterocycles. The lowest BCUT2D eigenvalue weighted by molar-refractivity contribution is 0.825. The molecule has 0 aliphatic rings. The molecule has 0 fully saturated rings. The predicted octanol–water partition coefficient (Wildman–Crippen LogP) is 3.78. The lowest BCUT2D eigenvalue weighted by Gasteiger charge is -2.10. The van der Waals surface area contributed by atoms with Crippen molar-refractivity contribution in [1.82, 2.24) is 0 Å². The normalized spacial score (nSPS) is 12.4. The third-order valence-electron chi connectivity index (χ3n) is 1.93. The monoisotopic (exact) mass is 272 g/mol. The zero-order valence-corrected chi connectivity index (χ0v) is 9.20. The molecule has 0 bridgehead atoms. The van der Waals surface area contributed by atoms with Gasteiger partial charge >= 0.3 is 0 Å². The summed E-state index contributed by atoms with van der Waals surface area (Å²) in [5.74, 6) is 0.531. The lowest BCUT2D eigenvalue weighted by Crippen LogP contribution is -1.94. The third-order valence-corrected chi connectivity index (χ3v) is 2.56. The minimum absolute atomic E-state index is 0.531. The molecule has 1 atom stereocenters. The minimum atomic E-state index is 0.531. The fourth-order valence-electron chi connectivity index (χ4n) is 1.24. The van der Waals surface area contributed by atoms with E-state index in [1.54, 1.807) is 0 Å². The Kier molecular flexibility index (Phi) is 4.36. The molecule has 0 heterocycles. The number of halogens is 1. The van der Waals surface area contributed by atoms with E-state index in [9.17, 15) is 0 Å². The topological polar surface area (TPSA) is 0 Å². The summed E-state index contributed by atoms with van der Waals surface area (Å²) in [6.07, 6.45) is 3.22. The summed E-state index contributed by atoms with van der Waals surface area (Å²) in [5, 5.41) is 0. The van der Waals surface area contributed by atoms with Crippen LogP contribution in [0.15, 0.2) is 43.0 Å². The zero-order chi connectivity index (χ0) is 8.81. The molecule has 0 radical (unpaired) electrons. The first-order valence-electron chi connectivity index (χ1n) is 4.12. The molecule has 0 N–H and O–H groups in total. The number of hydrogen-bond donors (Lipinski definition) is 0. The van der Waals surface area contributed by atoms with Crippen LogP contribution in [0.1, 0.15) is 17.9 Å². The lowest BCUT2D eigenvalue weighted by atomic mass is 9.97. The van der Waals surface area contributed by atoms with Gasteiger partial charge < -0.3 is 0 Å². The van der Waals surface area contributed by atoms with E-state index in [0.717, 1.165) is 0 Å². The molecule has 0 aromatic heterocycles. The molecule has 12 heavy (non-hydrogen) atoms. The summed E-state index contributed by atoms with van der Waals surface area (Å²) >= 11 is 2.40. The van der Waals surface area contributed by atoms with E-state index >= 15 is 0 Å². The van der Waals surface area contributed by atoms with Gasteiger partial charge in [0, 0.05) is 10.3 Å². The van der Waals surface area contributed by atoms with E-state index in [-0.39, 0.29) is 0 Å². The Morgan fingerprint density at radius 2 is 2.00 bits per heavy atom. The van der Waals surface area contributed by atoms with Crippen LogP contribution in [0.25, 0.3) is 0 Å². The first kappa shape index (κ1) is 9.78. The van der Waals surface area contributed by atoms with Gasteiger partial charge in [0.25, 0.3) is 0 Å². The molecule has 1 heteroatoms. The predicted molar refractivity (Wildman–Crippen MR) is 62.9 cm³/mol. The second kappa shape index (κ2) is 5.36. The summed E-state index contributed by atoms with van der Waals surface area (Å²) in [6, 6.07) is 10.5. The van der Waals surface area contributed by atoms with Crippen molar-refractivity contribution in [1.29, 1.82) is 0 Å². The Balaban J connectivity index is 2.73. The average molecular weight is 272 g/mol. The van der Waals surface area contributed by atoms with Gasteiger partial charge in [-0.05, 0) is 12.0 Å². The largest absolute Gasteiger partial charge is 0.102 e. The van der Waals surface area contributed by atoms with Crippen LogP contribution in [0.4, 0.5) is 0 Å². The third kappa shape index (κ3) is 2.63. The van der Waals surface area contributed by atoms with Gasteiger partial charge in [-0.1, -0.05) is 59.0 Å². The van der Waals surface area contributed by atoms with Crippen LogP contribution >= 0.6 is 22.6 Å². The van der Waals surface area contributed by atoms with E-state index < -0.39 is 0 Å². The number of alkyl halides is 1. The maximum Gasteiger partial charge on any atom is 0.00225 e. The first-order chi connectivity index (χ1) is 5.88. The average Bonchev–Trinajstić information content (AvgIpc) is 2.15. The van der Waals surface area contributed by atoms with Gasteiger partial charge in [0.05, 0.1) is 0 Å². The number of hydrogen-bond acceptors (Lipinski definition) is 0. The highest BCUT2D eigenvalue weighted by Crippen LogP contribution is 2.20. The molecule has 1 rings (SSSR count). The molecular formula is C11H13I. The van der Waals surface area contributed by atoms with Crippen LogP contribution in [0.5, 0.6) is 0 Å². The van der Waals surface area contributed by atoms with Crippen LogP contribution in [0, 0.1) is 0 Å². The molecule has 1 aromatic rings. The summed E-state index contributed by atoms with van der Waals surface area (Å²) in [6.45, 7) is 3.85. The van der Waals surface area contributed by atoms with Gasteiger partial charge in [0.1, 0.15) is 0 Å². The van der Waals surface area contributed by atoms with Crippen molar-refractivity contribution < 1.29 is 0 Å². The van der Waals surface area contributed by atoms with Gasteiger partial charge in [-0.15, -0.1) is 6.58 Å². The first-order valence-corrected chi connectivity index (χ1v) is 5.64. The summed E-state index contributed by atoms with van der Waals surface area (Å²) < 4.78 is 1.18. The Hall–Kier alpha value is -0.310. The SMILES string of the molecule is C=CC(CCI)c1ccccc1. The van der Waals surface area contributed by atoms with Gasteiger partial charge in [0.2, 0.25) is 0 Å². The fourth-order valence-corrected chi connectivity index (χ4v) is 1.91. The number of benzene rings is 1. The quantitative estimate of drug-likeness (QED) is 0.444. The Labute approximate surface area is 87.8 Å². The molecular weight excluding hydrogens is 259 g/mol. The van der Waals surface area contributed by atoms with Gasteiger partial charge in [-0.2, -0.15) is 0 Å². The van der Waals surface area contributed by atoms with E-state index in [4.69, 9.17) is 0 Å². The van der Waals surface area contributed by atoms with Crippen LogP contribution in [0.3, 0.4) is 0 Å². The van der Waals surface area contributed by atoms with Crippen molar-refractivity contribution >= 4 is 22.6 Å². The summed E-state index contributed by atoms with van der Waals surface area (Å²) in [5.41, 5.74) is 1.38. The Morgan fingerprint density at radius 3 is 2.50 bits per heavy atom.